The Morgan fingerprint density at radius 3 is 2.45 bits per heavy atom. The Morgan fingerprint density at radius 2 is 1.83 bits per heavy atom. The third-order valence-electron chi connectivity index (χ3n) is 3.77. The van der Waals surface area contributed by atoms with E-state index in [9.17, 15) is 18.8 Å². The average molecular weight is 401 g/mol. The van der Waals surface area contributed by atoms with Crippen molar-refractivity contribution in [3.63, 3.8) is 0 Å². The summed E-state index contributed by atoms with van der Waals surface area (Å²) in [6.07, 6.45) is 2.58. The number of hydrogen-bond donors (Lipinski definition) is 1. The summed E-state index contributed by atoms with van der Waals surface area (Å²) in [6, 6.07) is 8.67. The quantitative estimate of drug-likeness (QED) is 0.415. The summed E-state index contributed by atoms with van der Waals surface area (Å²) in [6.45, 7) is 0.653. The van der Waals surface area contributed by atoms with Crippen molar-refractivity contribution in [2.24, 2.45) is 0 Å². The Labute approximate surface area is 167 Å². The SMILES string of the molecule is COc1ccc(OC)c(/C=C/C(=O)OCC(=O)c2ccc(NC(C)=O)cc2F)c1. The Morgan fingerprint density at radius 1 is 1.07 bits per heavy atom. The number of benzene rings is 2. The lowest BCUT2D eigenvalue weighted by atomic mass is 10.1. The molecular formula is C21H20FNO6. The molecule has 0 aromatic heterocycles. The van der Waals surface area contributed by atoms with E-state index in [4.69, 9.17) is 14.2 Å². The highest BCUT2D eigenvalue weighted by molar-refractivity contribution is 5.99. The van der Waals surface area contributed by atoms with E-state index >= 15 is 0 Å². The van der Waals surface area contributed by atoms with Crippen molar-refractivity contribution in [1.82, 2.24) is 0 Å². The van der Waals surface area contributed by atoms with Gasteiger partial charge in [0.25, 0.3) is 0 Å². The fourth-order valence-electron chi connectivity index (χ4n) is 2.41. The van der Waals surface area contributed by atoms with Gasteiger partial charge < -0.3 is 19.5 Å². The lowest BCUT2D eigenvalue weighted by molar-refractivity contribution is -0.136. The molecule has 0 saturated heterocycles. The number of ketones is 1. The minimum absolute atomic E-state index is 0.221. The largest absolute Gasteiger partial charge is 0.497 e. The van der Waals surface area contributed by atoms with Gasteiger partial charge in [-0.05, 0) is 42.5 Å². The van der Waals surface area contributed by atoms with Crippen molar-refractivity contribution in [3.8, 4) is 11.5 Å². The molecule has 2 aromatic carbocycles. The maximum Gasteiger partial charge on any atom is 0.331 e. The Hall–Kier alpha value is -3.68. The van der Waals surface area contributed by atoms with Gasteiger partial charge in [-0.2, -0.15) is 0 Å². The van der Waals surface area contributed by atoms with Crippen LogP contribution in [-0.4, -0.2) is 38.5 Å². The zero-order valence-corrected chi connectivity index (χ0v) is 16.2. The van der Waals surface area contributed by atoms with Gasteiger partial charge in [0, 0.05) is 24.3 Å². The van der Waals surface area contributed by atoms with Crippen molar-refractivity contribution in [2.75, 3.05) is 26.1 Å². The Bertz CT molecular complexity index is 954. The number of anilines is 1. The minimum Gasteiger partial charge on any atom is -0.497 e. The minimum atomic E-state index is -0.825. The Balaban J connectivity index is 1.99. The van der Waals surface area contributed by atoms with Crippen LogP contribution in [0, 0.1) is 5.82 Å². The predicted molar refractivity (Wildman–Crippen MR) is 105 cm³/mol. The maximum atomic E-state index is 14.0. The summed E-state index contributed by atoms with van der Waals surface area (Å²) in [7, 11) is 3.00. The molecule has 7 nitrogen and oxygen atoms in total. The van der Waals surface area contributed by atoms with Crippen LogP contribution >= 0.6 is 0 Å². The van der Waals surface area contributed by atoms with E-state index < -0.39 is 24.2 Å². The molecule has 0 fully saturated rings. The molecule has 0 unspecified atom stereocenters. The maximum absolute atomic E-state index is 14.0. The van der Waals surface area contributed by atoms with Gasteiger partial charge in [0.1, 0.15) is 17.3 Å². The van der Waals surface area contributed by atoms with E-state index in [-0.39, 0.29) is 17.2 Å². The molecule has 0 aliphatic heterocycles. The molecular weight excluding hydrogens is 381 g/mol. The van der Waals surface area contributed by atoms with E-state index in [0.717, 1.165) is 12.1 Å². The molecule has 1 N–H and O–H groups in total. The smallest absolute Gasteiger partial charge is 0.331 e. The zero-order chi connectivity index (χ0) is 21.4. The number of esters is 1. The number of ether oxygens (including phenoxy) is 3. The molecule has 8 heteroatoms. The van der Waals surface area contributed by atoms with Gasteiger partial charge in [0.2, 0.25) is 11.7 Å². The van der Waals surface area contributed by atoms with Crippen molar-refractivity contribution in [1.29, 1.82) is 0 Å². The van der Waals surface area contributed by atoms with E-state index in [0.29, 0.717) is 17.1 Å². The highest BCUT2D eigenvalue weighted by Gasteiger charge is 2.14. The topological polar surface area (TPSA) is 90.9 Å². The first-order chi connectivity index (χ1) is 13.8. The number of amides is 1. The summed E-state index contributed by atoms with van der Waals surface area (Å²) < 4.78 is 29.2. The van der Waals surface area contributed by atoms with E-state index in [1.165, 1.54) is 39.4 Å². The Kier molecular flexibility index (Phi) is 7.47. The molecule has 0 saturated carbocycles. The normalized spacial score (nSPS) is 10.5. The molecule has 0 radical (unpaired) electrons. The van der Waals surface area contributed by atoms with Crippen LogP contribution in [-0.2, 0) is 14.3 Å². The summed E-state index contributed by atoms with van der Waals surface area (Å²) in [5, 5.41) is 2.41. The molecule has 0 aliphatic rings. The lowest BCUT2D eigenvalue weighted by Crippen LogP contribution is -2.14. The third-order valence-corrected chi connectivity index (χ3v) is 3.77. The van der Waals surface area contributed by atoms with Gasteiger partial charge in [0.05, 0.1) is 19.8 Å². The van der Waals surface area contributed by atoms with Gasteiger partial charge in [-0.25, -0.2) is 9.18 Å². The first kappa shape index (κ1) is 21.6. The number of carbonyl (C=O) groups excluding carboxylic acids is 3. The molecule has 0 bridgehead atoms. The summed E-state index contributed by atoms with van der Waals surface area (Å²) >= 11 is 0. The van der Waals surface area contributed by atoms with Crippen LogP contribution in [0.5, 0.6) is 11.5 Å². The van der Waals surface area contributed by atoms with Gasteiger partial charge >= 0.3 is 5.97 Å². The van der Waals surface area contributed by atoms with E-state index in [1.54, 1.807) is 18.2 Å². The molecule has 0 heterocycles. The van der Waals surface area contributed by atoms with Crippen LogP contribution in [0.15, 0.2) is 42.5 Å². The van der Waals surface area contributed by atoms with Gasteiger partial charge in [-0.15, -0.1) is 0 Å². The number of carbonyl (C=O) groups is 3. The van der Waals surface area contributed by atoms with Crippen LogP contribution in [0.3, 0.4) is 0 Å². The van der Waals surface area contributed by atoms with E-state index in [2.05, 4.69) is 5.32 Å². The second-order valence-electron chi connectivity index (χ2n) is 5.85. The molecule has 152 valence electrons. The highest BCUT2D eigenvalue weighted by atomic mass is 19.1. The second kappa shape index (κ2) is 10.0. The molecule has 0 atom stereocenters. The zero-order valence-electron chi connectivity index (χ0n) is 16.2. The summed E-state index contributed by atoms with van der Waals surface area (Å²) in [5.41, 5.74) is 0.554. The number of halogens is 1. The van der Waals surface area contributed by atoms with Gasteiger partial charge in [-0.3, -0.25) is 9.59 Å². The molecule has 2 aromatic rings. The number of Topliss-reactive ketones (excluding diaryl/α,β-unsaturated/α-hetero) is 1. The van der Waals surface area contributed by atoms with Crippen LogP contribution < -0.4 is 14.8 Å². The first-order valence-corrected chi connectivity index (χ1v) is 8.51. The molecule has 2 rings (SSSR count). The van der Waals surface area contributed by atoms with Crippen molar-refractivity contribution >= 4 is 29.4 Å². The number of nitrogens with one attached hydrogen (secondary N) is 1. The highest BCUT2D eigenvalue weighted by Crippen LogP contribution is 2.25. The average Bonchev–Trinajstić information content (AvgIpc) is 2.69. The first-order valence-electron chi connectivity index (χ1n) is 8.51. The lowest BCUT2D eigenvalue weighted by Gasteiger charge is -2.07. The summed E-state index contributed by atoms with van der Waals surface area (Å²) in [5.74, 6) is -1.58. The standard InChI is InChI=1S/C21H20FNO6/c1-13(24)23-15-5-7-17(18(22)11-15)19(25)12-29-21(26)9-4-14-10-16(27-2)6-8-20(14)28-3/h4-11H,12H2,1-3H3,(H,23,24)/b9-4+. The number of rotatable bonds is 8. The molecule has 1 amide bonds. The fraction of sp³-hybridized carbons (Fsp3) is 0.190. The molecule has 0 aliphatic carbocycles. The molecule has 29 heavy (non-hydrogen) atoms. The van der Waals surface area contributed by atoms with Crippen molar-refractivity contribution in [3.05, 3.63) is 59.4 Å². The fourth-order valence-corrected chi connectivity index (χ4v) is 2.41. The third kappa shape index (κ3) is 6.17. The van der Waals surface area contributed by atoms with E-state index in [1.807, 2.05) is 0 Å². The van der Waals surface area contributed by atoms with Gasteiger partial charge in [-0.1, -0.05) is 0 Å². The van der Waals surface area contributed by atoms with Crippen LogP contribution in [0.1, 0.15) is 22.8 Å². The predicted octanol–water partition coefficient (Wildman–Crippen LogP) is 3.24. The van der Waals surface area contributed by atoms with Crippen LogP contribution in [0.4, 0.5) is 10.1 Å². The summed E-state index contributed by atoms with van der Waals surface area (Å²) in [4.78, 5) is 35.0. The number of methoxy groups -OCH3 is 2. The molecule has 0 spiro atoms. The number of hydrogen-bond acceptors (Lipinski definition) is 6. The van der Waals surface area contributed by atoms with Crippen molar-refractivity contribution in [2.45, 2.75) is 6.92 Å². The van der Waals surface area contributed by atoms with Crippen LogP contribution in [0.2, 0.25) is 0 Å². The van der Waals surface area contributed by atoms with Crippen molar-refractivity contribution < 1.29 is 33.0 Å². The monoisotopic (exact) mass is 401 g/mol. The van der Waals surface area contributed by atoms with Gasteiger partial charge in [0.15, 0.2) is 6.61 Å². The van der Waals surface area contributed by atoms with Crippen LogP contribution in [0.25, 0.3) is 6.08 Å². The second-order valence-corrected chi connectivity index (χ2v) is 5.85.